The third-order valence-corrected chi connectivity index (χ3v) is 9.00. The second kappa shape index (κ2) is 9.36. The van der Waals surface area contributed by atoms with Crippen molar-refractivity contribution in [3.05, 3.63) is 40.2 Å². The lowest BCUT2D eigenvalue weighted by Gasteiger charge is -2.26. The van der Waals surface area contributed by atoms with Crippen molar-refractivity contribution < 1.29 is 17.9 Å². The minimum Gasteiger partial charge on any atom is -0.495 e. The number of hydrogen-bond acceptors (Lipinski definition) is 7. The second-order valence-electron chi connectivity index (χ2n) is 8.10. The topological polar surface area (TPSA) is 101 Å². The van der Waals surface area contributed by atoms with Crippen molar-refractivity contribution in [2.45, 2.75) is 51.3 Å². The summed E-state index contributed by atoms with van der Waals surface area (Å²) < 4.78 is 33.3. The fraction of sp³-hybridized carbons (Fsp3) is 0.435. The number of sulfonamides is 1. The predicted molar refractivity (Wildman–Crippen MR) is 130 cm³/mol. The fourth-order valence-corrected chi connectivity index (χ4v) is 7.00. The van der Waals surface area contributed by atoms with Gasteiger partial charge in [0.1, 0.15) is 21.3 Å². The van der Waals surface area contributed by atoms with Crippen LogP contribution in [0, 0.1) is 13.8 Å². The first-order valence-electron chi connectivity index (χ1n) is 11.0. The normalized spacial score (nSPS) is 15.0. The minimum atomic E-state index is -3.73. The van der Waals surface area contributed by atoms with Crippen molar-refractivity contribution in [3.63, 3.8) is 0 Å². The zero-order valence-corrected chi connectivity index (χ0v) is 20.9. The van der Waals surface area contributed by atoms with Crippen molar-refractivity contribution in [3.8, 4) is 5.75 Å². The van der Waals surface area contributed by atoms with E-state index >= 15 is 0 Å². The van der Waals surface area contributed by atoms with Gasteiger partial charge in [0.15, 0.2) is 0 Å². The zero-order chi connectivity index (χ0) is 23.8. The molecule has 0 saturated carbocycles. The van der Waals surface area contributed by atoms with Gasteiger partial charge in [0, 0.05) is 36.3 Å². The Kier molecular flexibility index (Phi) is 6.69. The second-order valence-corrected chi connectivity index (χ2v) is 11.0. The van der Waals surface area contributed by atoms with Gasteiger partial charge >= 0.3 is 0 Å². The molecule has 0 aliphatic carbocycles. The molecule has 1 aliphatic rings. The van der Waals surface area contributed by atoms with Gasteiger partial charge in [0.05, 0.1) is 12.0 Å². The van der Waals surface area contributed by atoms with Crippen molar-refractivity contribution in [1.29, 1.82) is 0 Å². The number of hydrogen-bond donors (Lipinski definition) is 1. The summed E-state index contributed by atoms with van der Waals surface area (Å²) in [6.45, 7) is 6.78. The zero-order valence-electron chi connectivity index (χ0n) is 19.3. The van der Waals surface area contributed by atoms with E-state index in [1.807, 2.05) is 20.8 Å². The largest absolute Gasteiger partial charge is 0.495 e. The summed E-state index contributed by atoms with van der Waals surface area (Å²) in [5, 5.41) is 3.75. The highest BCUT2D eigenvalue weighted by atomic mass is 32.2. The molecule has 10 heteroatoms. The van der Waals surface area contributed by atoms with Gasteiger partial charge in [-0.25, -0.2) is 18.4 Å². The summed E-state index contributed by atoms with van der Waals surface area (Å²) >= 11 is 1.32. The standard InChI is InChI=1S/C23H28N4O4S2/c1-5-19-24-15(3)20-14(2)21(32-23(20)26-19)22(28)25-16-9-10-17(31-4)18(13-16)33(29,30)27-11-7-6-8-12-27/h9-10,13H,5-8,11-12H2,1-4H3,(H,25,28). The Bertz CT molecular complexity index is 1310. The highest BCUT2D eigenvalue weighted by molar-refractivity contribution is 7.89. The first kappa shape index (κ1) is 23.6. The third-order valence-electron chi connectivity index (χ3n) is 5.89. The van der Waals surface area contributed by atoms with E-state index in [-0.39, 0.29) is 16.6 Å². The number of rotatable bonds is 6. The summed E-state index contributed by atoms with van der Waals surface area (Å²) in [6.07, 6.45) is 3.42. The maximum atomic E-state index is 13.3. The van der Waals surface area contributed by atoms with E-state index in [0.717, 1.165) is 53.0 Å². The van der Waals surface area contributed by atoms with Gasteiger partial charge in [-0.2, -0.15) is 4.31 Å². The molecule has 0 unspecified atom stereocenters. The highest BCUT2D eigenvalue weighted by Crippen LogP contribution is 2.34. The molecule has 0 bridgehead atoms. The number of piperidine rings is 1. The van der Waals surface area contributed by atoms with Gasteiger partial charge in [0.2, 0.25) is 10.0 Å². The summed E-state index contributed by atoms with van der Waals surface area (Å²) in [5.74, 6) is 0.699. The van der Waals surface area contributed by atoms with Crippen LogP contribution < -0.4 is 10.1 Å². The minimum absolute atomic E-state index is 0.0621. The van der Waals surface area contributed by atoms with Gasteiger partial charge < -0.3 is 10.1 Å². The molecule has 1 aliphatic heterocycles. The number of anilines is 1. The molecular formula is C23H28N4O4S2. The van der Waals surface area contributed by atoms with Crippen LogP contribution in [0.1, 0.15) is 52.9 Å². The molecule has 33 heavy (non-hydrogen) atoms. The Morgan fingerprint density at radius 1 is 1.18 bits per heavy atom. The number of aromatic nitrogens is 2. The average molecular weight is 489 g/mol. The first-order valence-corrected chi connectivity index (χ1v) is 13.3. The van der Waals surface area contributed by atoms with Gasteiger partial charge in [-0.1, -0.05) is 13.3 Å². The number of carbonyl (C=O) groups is 1. The van der Waals surface area contributed by atoms with Crippen LogP contribution in [-0.4, -0.2) is 48.8 Å². The van der Waals surface area contributed by atoms with E-state index in [1.54, 1.807) is 12.1 Å². The van der Waals surface area contributed by atoms with Gasteiger partial charge in [-0.15, -0.1) is 11.3 Å². The van der Waals surface area contributed by atoms with Crippen LogP contribution in [0.25, 0.3) is 10.2 Å². The monoisotopic (exact) mass is 488 g/mol. The van der Waals surface area contributed by atoms with Crippen LogP contribution >= 0.6 is 11.3 Å². The van der Waals surface area contributed by atoms with Crippen LogP contribution in [0.15, 0.2) is 23.1 Å². The molecule has 4 rings (SSSR count). The van der Waals surface area contributed by atoms with Crippen LogP contribution in [-0.2, 0) is 16.4 Å². The van der Waals surface area contributed by atoms with Crippen molar-refractivity contribution in [2.24, 2.45) is 0 Å². The molecule has 1 fully saturated rings. The molecule has 176 valence electrons. The van der Waals surface area contributed by atoms with E-state index < -0.39 is 10.0 Å². The van der Waals surface area contributed by atoms with Crippen LogP contribution in [0.4, 0.5) is 5.69 Å². The Labute approximate surface area is 198 Å². The molecule has 8 nitrogen and oxygen atoms in total. The van der Waals surface area contributed by atoms with E-state index in [9.17, 15) is 13.2 Å². The van der Waals surface area contributed by atoms with Gasteiger partial charge in [-0.05, 0) is 50.5 Å². The summed E-state index contributed by atoms with van der Waals surface area (Å²) in [6, 6.07) is 4.70. The predicted octanol–water partition coefficient (Wildman–Crippen LogP) is 4.31. The maximum absolute atomic E-state index is 13.3. The first-order chi connectivity index (χ1) is 15.8. The number of fused-ring (bicyclic) bond motifs is 1. The molecule has 1 amide bonds. The molecule has 1 N–H and O–H groups in total. The summed E-state index contributed by atoms with van der Waals surface area (Å²) in [5.41, 5.74) is 2.07. The lowest BCUT2D eigenvalue weighted by molar-refractivity contribution is 0.103. The molecule has 2 aromatic heterocycles. The Hall–Kier alpha value is -2.56. The van der Waals surface area contributed by atoms with Gasteiger partial charge in [-0.3, -0.25) is 4.79 Å². The number of ether oxygens (including phenoxy) is 1. The van der Waals surface area contributed by atoms with Gasteiger partial charge in [0.25, 0.3) is 5.91 Å². The number of amides is 1. The lowest BCUT2D eigenvalue weighted by atomic mass is 10.1. The molecule has 1 saturated heterocycles. The van der Waals surface area contributed by atoms with Crippen LogP contribution in [0.2, 0.25) is 0 Å². The number of methoxy groups -OCH3 is 1. The van der Waals surface area contributed by atoms with E-state index in [0.29, 0.717) is 23.7 Å². The molecule has 3 heterocycles. The summed E-state index contributed by atoms with van der Waals surface area (Å²) in [7, 11) is -2.29. The molecule has 1 aromatic carbocycles. The maximum Gasteiger partial charge on any atom is 0.266 e. The van der Waals surface area contributed by atoms with Crippen molar-refractivity contribution in [2.75, 3.05) is 25.5 Å². The third kappa shape index (κ3) is 4.47. The summed E-state index contributed by atoms with van der Waals surface area (Å²) in [4.78, 5) is 23.6. The average Bonchev–Trinajstić information content (AvgIpc) is 3.16. The Morgan fingerprint density at radius 3 is 2.58 bits per heavy atom. The molecule has 3 aromatic rings. The smallest absolute Gasteiger partial charge is 0.266 e. The number of aryl methyl sites for hydroxylation is 3. The molecule has 0 atom stereocenters. The number of benzene rings is 1. The number of thiophene rings is 1. The highest BCUT2D eigenvalue weighted by Gasteiger charge is 2.29. The quantitative estimate of drug-likeness (QED) is 0.555. The van der Waals surface area contributed by atoms with Crippen molar-refractivity contribution in [1.82, 2.24) is 14.3 Å². The van der Waals surface area contributed by atoms with E-state index in [1.165, 1.54) is 28.8 Å². The SMILES string of the molecule is CCc1nc(C)c2c(C)c(C(=O)Nc3ccc(OC)c(S(=O)(=O)N4CCCCC4)c3)sc2n1. The number of nitrogens with one attached hydrogen (secondary N) is 1. The Balaban J connectivity index is 1.67. The van der Waals surface area contributed by atoms with E-state index in [2.05, 4.69) is 15.3 Å². The molecule has 0 spiro atoms. The Morgan fingerprint density at radius 2 is 1.91 bits per heavy atom. The molecule has 0 radical (unpaired) electrons. The fourth-order valence-electron chi connectivity index (χ4n) is 4.16. The van der Waals surface area contributed by atoms with E-state index in [4.69, 9.17) is 4.74 Å². The molecular weight excluding hydrogens is 460 g/mol. The van der Waals surface area contributed by atoms with Crippen LogP contribution in [0.3, 0.4) is 0 Å². The number of nitrogens with zero attached hydrogens (tertiary/aromatic N) is 3. The lowest BCUT2D eigenvalue weighted by Crippen LogP contribution is -2.35. The van der Waals surface area contributed by atoms with Crippen LogP contribution in [0.5, 0.6) is 5.75 Å². The number of carbonyl (C=O) groups excluding carboxylic acids is 1. The van der Waals surface area contributed by atoms with Crippen molar-refractivity contribution >= 4 is 43.2 Å².